The molecule has 0 saturated heterocycles. The third-order valence-corrected chi connectivity index (χ3v) is 7.13. The first-order valence-corrected chi connectivity index (χ1v) is 10.6. The highest BCUT2D eigenvalue weighted by Gasteiger charge is 2.49. The van der Waals surface area contributed by atoms with Crippen LogP contribution in [0.15, 0.2) is 103 Å². The molecule has 0 aliphatic heterocycles. The maximum atomic E-state index is 2.42. The summed E-state index contributed by atoms with van der Waals surface area (Å²) >= 11 is 0. The van der Waals surface area contributed by atoms with Gasteiger partial charge in [0.15, 0.2) is 0 Å². The minimum Gasteiger partial charge on any atom is -0.0619 e. The molecule has 2 aliphatic carbocycles. The standard InChI is InChI=1S/C30H20/c1-19-16-17-23-21-10-2-4-13-25(21)30(28(23)18-19)26-14-5-3-11-22(26)24-12-6-8-20-9-7-15-27(30)29(20)24/h2-18H,1H3. The van der Waals surface area contributed by atoms with Crippen molar-refractivity contribution in [2.75, 3.05) is 0 Å². The van der Waals surface area contributed by atoms with Gasteiger partial charge >= 0.3 is 0 Å². The fourth-order valence-electron chi connectivity index (χ4n) is 6.04. The molecule has 140 valence electrons. The van der Waals surface area contributed by atoms with Crippen LogP contribution in [0.25, 0.3) is 33.0 Å². The van der Waals surface area contributed by atoms with Gasteiger partial charge in [0.2, 0.25) is 0 Å². The smallest absolute Gasteiger partial charge is 0.0619 e. The molecule has 0 fully saturated rings. The largest absolute Gasteiger partial charge is 0.0725 e. The third kappa shape index (κ3) is 1.74. The van der Waals surface area contributed by atoms with Gasteiger partial charge in [0, 0.05) is 0 Å². The molecule has 1 spiro atoms. The van der Waals surface area contributed by atoms with Crippen LogP contribution in [0.1, 0.15) is 27.8 Å². The van der Waals surface area contributed by atoms with Crippen LogP contribution in [-0.2, 0) is 5.41 Å². The highest BCUT2D eigenvalue weighted by molar-refractivity contribution is 6.06. The van der Waals surface area contributed by atoms with Gasteiger partial charge in [-0.15, -0.1) is 0 Å². The van der Waals surface area contributed by atoms with Crippen LogP contribution >= 0.6 is 0 Å². The van der Waals surface area contributed by atoms with E-state index < -0.39 is 0 Å². The lowest BCUT2D eigenvalue weighted by Gasteiger charge is -2.40. The molecule has 0 N–H and O–H groups in total. The minimum atomic E-state index is -0.275. The van der Waals surface area contributed by atoms with E-state index >= 15 is 0 Å². The first-order chi connectivity index (χ1) is 14.8. The summed E-state index contributed by atoms with van der Waals surface area (Å²) < 4.78 is 0. The average Bonchev–Trinajstić information content (AvgIpc) is 3.08. The van der Waals surface area contributed by atoms with Crippen LogP contribution in [-0.4, -0.2) is 0 Å². The Hall–Kier alpha value is -3.64. The lowest BCUT2D eigenvalue weighted by molar-refractivity contribution is 0.772. The number of benzene rings is 5. The number of hydrogen-bond donors (Lipinski definition) is 0. The third-order valence-electron chi connectivity index (χ3n) is 7.13. The molecule has 0 radical (unpaired) electrons. The summed E-state index contributed by atoms with van der Waals surface area (Å²) in [6, 6.07) is 38.6. The first-order valence-electron chi connectivity index (χ1n) is 10.6. The Balaban J connectivity index is 1.80. The Morgan fingerprint density at radius 1 is 0.467 bits per heavy atom. The van der Waals surface area contributed by atoms with Gasteiger partial charge in [-0.05, 0) is 62.2 Å². The van der Waals surface area contributed by atoms with E-state index in [-0.39, 0.29) is 5.41 Å². The van der Waals surface area contributed by atoms with E-state index in [4.69, 9.17) is 0 Å². The van der Waals surface area contributed by atoms with Gasteiger partial charge in [0.25, 0.3) is 0 Å². The topological polar surface area (TPSA) is 0 Å². The van der Waals surface area contributed by atoms with E-state index in [1.165, 1.54) is 60.8 Å². The summed E-state index contributed by atoms with van der Waals surface area (Å²) in [6.07, 6.45) is 0. The molecule has 0 bridgehead atoms. The quantitative estimate of drug-likeness (QED) is 0.256. The normalized spacial score (nSPS) is 17.6. The molecule has 2 aliphatic rings. The molecule has 1 atom stereocenters. The van der Waals surface area contributed by atoms with E-state index in [2.05, 4.69) is 110 Å². The van der Waals surface area contributed by atoms with Crippen LogP contribution in [0, 0.1) is 6.92 Å². The lowest BCUT2D eigenvalue weighted by Crippen LogP contribution is -2.31. The molecule has 5 aromatic rings. The molecule has 0 nitrogen and oxygen atoms in total. The fraction of sp³-hybridized carbons (Fsp3) is 0.0667. The molecular weight excluding hydrogens is 360 g/mol. The molecule has 0 heteroatoms. The minimum absolute atomic E-state index is 0.275. The van der Waals surface area contributed by atoms with Crippen LogP contribution in [0.2, 0.25) is 0 Å². The van der Waals surface area contributed by atoms with Gasteiger partial charge < -0.3 is 0 Å². The molecule has 0 amide bonds. The van der Waals surface area contributed by atoms with Crippen molar-refractivity contribution >= 4 is 10.8 Å². The zero-order valence-corrected chi connectivity index (χ0v) is 16.8. The number of fused-ring (bicyclic) bond motifs is 9. The van der Waals surface area contributed by atoms with Crippen molar-refractivity contribution < 1.29 is 0 Å². The van der Waals surface area contributed by atoms with Gasteiger partial charge in [-0.3, -0.25) is 0 Å². The monoisotopic (exact) mass is 380 g/mol. The Morgan fingerprint density at radius 3 is 1.80 bits per heavy atom. The molecule has 7 rings (SSSR count). The van der Waals surface area contributed by atoms with E-state index in [0.29, 0.717) is 0 Å². The second-order valence-electron chi connectivity index (χ2n) is 8.60. The second-order valence-corrected chi connectivity index (χ2v) is 8.60. The summed E-state index contributed by atoms with van der Waals surface area (Å²) in [6.45, 7) is 2.21. The van der Waals surface area contributed by atoms with Crippen molar-refractivity contribution in [3.8, 4) is 22.3 Å². The molecule has 0 aromatic heterocycles. The Morgan fingerprint density at radius 2 is 1.03 bits per heavy atom. The second kappa shape index (κ2) is 5.49. The molecule has 0 saturated carbocycles. The van der Waals surface area contributed by atoms with Gasteiger partial charge in [-0.2, -0.15) is 0 Å². The van der Waals surface area contributed by atoms with E-state index in [1.807, 2.05) is 0 Å². The number of aryl methyl sites for hydroxylation is 1. The van der Waals surface area contributed by atoms with Crippen molar-refractivity contribution in [1.29, 1.82) is 0 Å². The lowest BCUT2D eigenvalue weighted by atomic mass is 9.61. The van der Waals surface area contributed by atoms with Crippen molar-refractivity contribution in [2.24, 2.45) is 0 Å². The zero-order valence-electron chi connectivity index (χ0n) is 16.8. The van der Waals surface area contributed by atoms with Crippen molar-refractivity contribution in [3.63, 3.8) is 0 Å². The predicted molar refractivity (Wildman–Crippen MR) is 125 cm³/mol. The van der Waals surface area contributed by atoms with E-state index in [0.717, 1.165) is 0 Å². The maximum Gasteiger partial charge on any atom is 0.0725 e. The van der Waals surface area contributed by atoms with Crippen molar-refractivity contribution in [1.82, 2.24) is 0 Å². The molecule has 30 heavy (non-hydrogen) atoms. The summed E-state index contributed by atoms with van der Waals surface area (Å²) in [7, 11) is 0. The molecule has 0 heterocycles. The van der Waals surface area contributed by atoms with Gasteiger partial charge in [0.1, 0.15) is 0 Å². The van der Waals surface area contributed by atoms with Crippen molar-refractivity contribution in [2.45, 2.75) is 12.3 Å². The first kappa shape index (κ1) is 16.2. The highest BCUT2D eigenvalue weighted by atomic mass is 14.5. The SMILES string of the molecule is Cc1ccc2c(c1)C1(c3ccccc3-2)c2ccccc2-c2cccc3cccc1c23. The average molecular weight is 380 g/mol. The Bertz CT molecular complexity index is 1500. The summed E-state index contributed by atoms with van der Waals surface area (Å²) in [4.78, 5) is 0. The van der Waals surface area contributed by atoms with E-state index in [1.54, 1.807) is 0 Å². The van der Waals surface area contributed by atoms with Crippen molar-refractivity contribution in [3.05, 3.63) is 131 Å². The van der Waals surface area contributed by atoms with Crippen LogP contribution in [0.4, 0.5) is 0 Å². The predicted octanol–water partition coefficient (Wildman–Crippen LogP) is 7.49. The van der Waals surface area contributed by atoms with Crippen LogP contribution in [0.3, 0.4) is 0 Å². The Labute approximate surface area is 176 Å². The zero-order chi connectivity index (χ0) is 19.9. The van der Waals surface area contributed by atoms with Gasteiger partial charge in [-0.1, -0.05) is 109 Å². The maximum absolute atomic E-state index is 2.42. The van der Waals surface area contributed by atoms with Crippen LogP contribution in [0.5, 0.6) is 0 Å². The Kier molecular flexibility index (Phi) is 2.96. The van der Waals surface area contributed by atoms with Gasteiger partial charge in [0.05, 0.1) is 5.41 Å². The highest BCUT2D eigenvalue weighted by Crippen LogP contribution is 2.61. The fourth-order valence-corrected chi connectivity index (χ4v) is 6.04. The number of rotatable bonds is 0. The van der Waals surface area contributed by atoms with E-state index in [9.17, 15) is 0 Å². The molecule has 5 aromatic carbocycles. The van der Waals surface area contributed by atoms with Gasteiger partial charge in [-0.25, -0.2) is 0 Å². The number of hydrogen-bond acceptors (Lipinski definition) is 0. The summed E-state index contributed by atoms with van der Waals surface area (Å²) in [5, 5.41) is 2.71. The molecule has 1 unspecified atom stereocenters. The summed E-state index contributed by atoms with van der Waals surface area (Å²) in [5.41, 5.74) is 12.1. The molecular formula is C30H20. The summed E-state index contributed by atoms with van der Waals surface area (Å²) in [5.74, 6) is 0. The van der Waals surface area contributed by atoms with Crippen LogP contribution < -0.4 is 0 Å².